The Labute approximate surface area is 83.7 Å². The van der Waals surface area contributed by atoms with E-state index in [0.717, 1.165) is 0 Å². The Bertz CT molecular complexity index is 257. The van der Waals surface area contributed by atoms with Crippen molar-refractivity contribution in [3.05, 3.63) is 21.9 Å². The lowest BCUT2D eigenvalue weighted by Gasteiger charge is -2.12. The Kier molecular flexibility index (Phi) is 3.90. The number of hydrogen-bond donors (Lipinski definition) is 1. The first-order valence-electron chi connectivity index (χ1n) is 4.53. The van der Waals surface area contributed by atoms with Crippen LogP contribution in [0.15, 0.2) is 12.1 Å². The van der Waals surface area contributed by atoms with Crippen LogP contribution >= 0.6 is 11.3 Å². The molecule has 0 aromatic carbocycles. The normalized spacial score (nSPS) is 13.6. The standard InChI is InChI=1S/C10H17NOS/c1-7(2)12-6-9(11)10-5-4-8(3)13-10/h4-5,7,9H,6,11H2,1-3H3. The molecule has 13 heavy (non-hydrogen) atoms. The van der Waals surface area contributed by atoms with Gasteiger partial charge in [0.05, 0.1) is 18.8 Å². The van der Waals surface area contributed by atoms with E-state index in [1.165, 1.54) is 9.75 Å². The number of aryl methyl sites for hydroxylation is 1. The van der Waals surface area contributed by atoms with Gasteiger partial charge in [-0.05, 0) is 32.9 Å². The molecule has 2 N–H and O–H groups in total. The van der Waals surface area contributed by atoms with Crippen LogP contribution in [-0.2, 0) is 4.74 Å². The molecule has 74 valence electrons. The number of thiophene rings is 1. The molecule has 2 nitrogen and oxygen atoms in total. The van der Waals surface area contributed by atoms with Gasteiger partial charge in [-0.15, -0.1) is 11.3 Å². The first-order valence-corrected chi connectivity index (χ1v) is 5.34. The van der Waals surface area contributed by atoms with E-state index in [1.807, 2.05) is 13.8 Å². The Morgan fingerprint density at radius 2 is 2.15 bits per heavy atom. The van der Waals surface area contributed by atoms with Crippen LogP contribution in [0.2, 0.25) is 0 Å². The molecule has 0 aliphatic carbocycles. The topological polar surface area (TPSA) is 35.2 Å². The minimum absolute atomic E-state index is 0.0288. The molecule has 1 heterocycles. The van der Waals surface area contributed by atoms with Gasteiger partial charge in [0.1, 0.15) is 0 Å². The minimum Gasteiger partial charge on any atom is -0.377 e. The van der Waals surface area contributed by atoms with E-state index in [-0.39, 0.29) is 12.1 Å². The third-order valence-electron chi connectivity index (χ3n) is 1.74. The SMILES string of the molecule is Cc1ccc(C(N)COC(C)C)s1. The Morgan fingerprint density at radius 1 is 1.46 bits per heavy atom. The maximum atomic E-state index is 5.94. The lowest BCUT2D eigenvalue weighted by molar-refractivity contribution is 0.0688. The zero-order valence-electron chi connectivity index (χ0n) is 8.41. The van der Waals surface area contributed by atoms with E-state index in [1.54, 1.807) is 11.3 Å². The predicted molar refractivity (Wildman–Crippen MR) is 57.1 cm³/mol. The van der Waals surface area contributed by atoms with Gasteiger partial charge in [0.25, 0.3) is 0 Å². The van der Waals surface area contributed by atoms with Crippen molar-refractivity contribution >= 4 is 11.3 Å². The van der Waals surface area contributed by atoms with Crippen molar-refractivity contribution < 1.29 is 4.74 Å². The lowest BCUT2D eigenvalue weighted by atomic mass is 10.3. The van der Waals surface area contributed by atoms with E-state index in [4.69, 9.17) is 10.5 Å². The molecule has 1 unspecified atom stereocenters. The third-order valence-corrected chi connectivity index (χ3v) is 2.87. The van der Waals surface area contributed by atoms with Gasteiger partial charge in [-0.3, -0.25) is 0 Å². The van der Waals surface area contributed by atoms with Crippen molar-refractivity contribution in [3.63, 3.8) is 0 Å². The average molecular weight is 199 g/mol. The summed E-state index contributed by atoms with van der Waals surface area (Å²) < 4.78 is 5.45. The first kappa shape index (κ1) is 10.7. The predicted octanol–water partition coefficient (Wildman–Crippen LogP) is 2.48. The van der Waals surface area contributed by atoms with Crippen molar-refractivity contribution in [2.45, 2.75) is 32.9 Å². The number of hydrogen-bond acceptors (Lipinski definition) is 3. The highest BCUT2D eigenvalue weighted by Crippen LogP contribution is 2.21. The second kappa shape index (κ2) is 4.74. The molecule has 0 radical (unpaired) electrons. The highest BCUT2D eigenvalue weighted by Gasteiger charge is 2.08. The molecule has 0 aliphatic rings. The van der Waals surface area contributed by atoms with Crippen LogP contribution in [0.3, 0.4) is 0 Å². The van der Waals surface area contributed by atoms with Gasteiger partial charge in [0.15, 0.2) is 0 Å². The van der Waals surface area contributed by atoms with E-state index >= 15 is 0 Å². The van der Waals surface area contributed by atoms with Gasteiger partial charge in [0.2, 0.25) is 0 Å². The summed E-state index contributed by atoms with van der Waals surface area (Å²) in [5.41, 5.74) is 5.94. The molecule has 0 amide bonds. The molecule has 0 aliphatic heterocycles. The zero-order valence-corrected chi connectivity index (χ0v) is 9.23. The van der Waals surface area contributed by atoms with E-state index in [2.05, 4.69) is 19.1 Å². The molecule has 0 spiro atoms. The highest BCUT2D eigenvalue weighted by atomic mass is 32.1. The first-order chi connectivity index (χ1) is 6.09. The summed E-state index contributed by atoms with van der Waals surface area (Å²) in [6, 6.07) is 4.20. The van der Waals surface area contributed by atoms with E-state index < -0.39 is 0 Å². The third kappa shape index (κ3) is 3.46. The van der Waals surface area contributed by atoms with Crippen LogP contribution in [-0.4, -0.2) is 12.7 Å². The molecule has 0 saturated carbocycles. The molecular weight excluding hydrogens is 182 g/mol. The molecule has 3 heteroatoms. The van der Waals surface area contributed by atoms with Crippen molar-refractivity contribution in [3.8, 4) is 0 Å². The molecule has 0 saturated heterocycles. The van der Waals surface area contributed by atoms with Crippen molar-refractivity contribution in [1.29, 1.82) is 0 Å². The van der Waals surface area contributed by atoms with Crippen LogP contribution in [0.4, 0.5) is 0 Å². The van der Waals surface area contributed by atoms with Crippen molar-refractivity contribution in [2.75, 3.05) is 6.61 Å². The molecule has 1 atom stereocenters. The average Bonchev–Trinajstić information content (AvgIpc) is 2.47. The van der Waals surface area contributed by atoms with Crippen LogP contribution in [0.25, 0.3) is 0 Å². The van der Waals surface area contributed by atoms with Crippen molar-refractivity contribution in [2.24, 2.45) is 5.73 Å². The second-order valence-electron chi connectivity index (χ2n) is 3.44. The summed E-state index contributed by atoms with van der Waals surface area (Å²) in [6.07, 6.45) is 0.257. The second-order valence-corrected chi connectivity index (χ2v) is 4.76. The smallest absolute Gasteiger partial charge is 0.0670 e. The van der Waals surface area contributed by atoms with Gasteiger partial charge < -0.3 is 10.5 Å². The van der Waals surface area contributed by atoms with Gasteiger partial charge in [0, 0.05) is 9.75 Å². The Hall–Kier alpha value is -0.380. The summed E-state index contributed by atoms with van der Waals surface area (Å²) in [6.45, 7) is 6.74. The summed E-state index contributed by atoms with van der Waals surface area (Å²) in [5.74, 6) is 0. The van der Waals surface area contributed by atoms with Crippen LogP contribution in [0.1, 0.15) is 29.6 Å². The monoisotopic (exact) mass is 199 g/mol. The quantitative estimate of drug-likeness (QED) is 0.808. The van der Waals surface area contributed by atoms with Crippen LogP contribution < -0.4 is 5.73 Å². The molecule has 0 fully saturated rings. The Balaban J connectivity index is 2.44. The van der Waals surface area contributed by atoms with Gasteiger partial charge in [-0.1, -0.05) is 0 Å². The van der Waals surface area contributed by atoms with Gasteiger partial charge in [-0.2, -0.15) is 0 Å². The molecule has 0 bridgehead atoms. The minimum atomic E-state index is 0.0288. The van der Waals surface area contributed by atoms with Crippen molar-refractivity contribution in [1.82, 2.24) is 0 Å². The highest BCUT2D eigenvalue weighted by molar-refractivity contribution is 7.12. The Morgan fingerprint density at radius 3 is 2.62 bits per heavy atom. The largest absolute Gasteiger partial charge is 0.377 e. The summed E-state index contributed by atoms with van der Waals surface area (Å²) in [5, 5.41) is 0. The van der Waals surface area contributed by atoms with Crippen LogP contribution in [0, 0.1) is 6.92 Å². The molecular formula is C10H17NOS. The summed E-state index contributed by atoms with van der Waals surface area (Å²) in [4.78, 5) is 2.51. The summed E-state index contributed by atoms with van der Waals surface area (Å²) in [7, 11) is 0. The van der Waals surface area contributed by atoms with Crippen LogP contribution in [0.5, 0.6) is 0 Å². The molecule has 1 rings (SSSR count). The van der Waals surface area contributed by atoms with Gasteiger partial charge >= 0.3 is 0 Å². The fraction of sp³-hybridized carbons (Fsp3) is 0.600. The summed E-state index contributed by atoms with van der Waals surface area (Å²) >= 11 is 1.74. The van der Waals surface area contributed by atoms with Gasteiger partial charge in [-0.25, -0.2) is 0 Å². The number of ether oxygens (including phenoxy) is 1. The fourth-order valence-corrected chi connectivity index (χ4v) is 1.89. The molecule has 1 aromatic rings. The lowest BCUT2D eigenvalue weighted by Crippen LogP contribution is -2.18. The number of nitrogens with two attached hydrogens (primary N) is 1. The van der Waals surface area contributed by atoms with E-state index in [9.17, 15) is 0 Å². The zero-order chi connectivity index (χ0) is 9.84. The molecule has 1 aromatic heterocycles. The maximum Gasteiger partial charge on any atom is 0.0670 e. The maximum absolute atomic E-state index is 5.94. The fourth-order valence-electron chi connectivity index (χ4n) is 1.03. The number of rotatable bonds is 4. The van der Waals surface area contributed by atoms with E-state index in [0.29, 0.717) is 6.61 Å².